The minimum atomic E-state index is -0.278. The van der Waals surface area contributed by atoms with Crippen LogP contribution in [0.1, 0.15) is 57.9 Å². The molecule has 5 heteroatoms. The predicted molar refractivity (Wildman–Crippen MR) is 86.7 cm³/mol. The van der Waals surface area contributed by atoms with E-state index in [0.29, 0.717) is 0 Å². The zero-order valence-electron chi connectivity index (χ0n) is 13.2. The zero-order chi connectivity index (χ0) is 15.1. The fourth-order valence-corrected chi connectivity index (χ4v) is 2.90. The lowest BCUT2D eigenvalue weighted by Gasteiger charge is -2.24. The molecule has 2 atom stereocenters. The molecule has 3 N–H and O–H groups in total. The van der Waals surface area contributed by atoms with E-state index < -0.39 is 0 Å². The van der Waals surface area contributed by atoms with Crippen molar-refractivity contribution in [1.29, 1.82) is 0 Å². The van der Waals surface area contributed by atoms with Gasteiger partial charge in [0.25, 0.3) is 0 Å². The number of hydrogen-bond donors (Lipinski definition) is 3. The van der Waals surface area contributed by atoms with Crippen LogP contribution in [-0.2, 0) is 6.42 Å². The van der Waals surface area contributed by atoms with E-state index in [0.717, 1.165) is 55.8 Å². The van der Waals surface area contributed by atoms with E-state index in [1.54, 1.807) is 6.33 Å². The Morgan fingerprint density at radius 2 is 1.90 bits per heavy atom. The summed E-state index contributed by atoms with van der Waals surface area (Å²) in [6.45, 7) is 5.17. The van der Waals surface area contributed by atoms with Crippen molar-refractivity contribution in [2.45, 2.75) is 70.9 Å². The third-order valence-corrected chi connectivity index (χ3v) is 4.14. The Balaban J connectivity index is 2.14. The first-order chi connectivity index (χ1) is 10.3. The summed E-state index contributed by atoms with van der Waals surface area (Å²) >= 11 is 0. The van der Waals surface area contributed by atoms with Gasteiger partial charge in [0, 0.05) is 12.1 Å². The lowest BCUT2D eigenvalue weighted by Crippen LogP contribution is -2.33. The number of aliphatic hydroxyl groups is 1. The van der Waals surface area contributed by atoms with Crippen LogP contribution in [0.3, 0.4) is 0 Å². The highest BCUT2D eigenvalue weighted by Gasteiger charge is 2.23. The van der Waals surface area contributed by atoms with Crippen LogP contribution in [-0.4, -0.2) is 33.8 Å². The number of hydrogen-bond acceptors (Lipinski definition) is 5. The molecule has 2 unspecified atom stereocenters. The third-order valence-electron chi connectivity index (χ3n) is 4.14. The molecule has 1 aliphatic rings. The van der Waals surface area contributed by atoms with Gasteiger partial charge in [-0.05, 0) is 25.7 Å². The Labute approximate surface area is 127 Å². The van der Waals surface area contributed by atoms with Gasteiger partial charge in [0.15, 0.2) is 0 Å². The molecular formula is C16H28N4O. The van der Waals surface area contributed by atoms with Crippen LogP contribution >= 0.6 is 0 Å². The first-order valence-corrected chi connectivity index (χ1v) is 8.28. The fraction of sp³-hybridized carbons (Fsp3) is 0.750. The van der Waals surface area contributed by atoms with E-state index >= 15 is 0 Å². The summed E-state index contributed by atoms with van der Waals surface area (Å²) in [6.07, 6.45) is 8.65. The van der Waals surface area contributed by atoms with Crippen LogP contribution in [0, 0.1) is 0 Å². The van der Waals surface area contributed by atoms with Crippen LogP contribution in [0.5, 0.6) is 0 Å². The molecule has 0 spiro atoms. The molecule has 2 rings (SSSR count). The molecule has 0 saturated heterocycles. The number of nitrogens with zero attached hydrogens (tertiary/aromatic N) is 2. The van der Waals surface area contributed by atoms with Crippen LogP contribution in [0.15, 0.2) is 6.33 Å². The van der Waals surface area contributed by atoms with Gasteiger partial charge in [-0.25, -0.2) is 9.97 Å². The summed E-state index contributed by atoms with van der Waals surface area (Å²) in [5.41, 5.74) is 1.11. The smallest absolute Gasteiger partial charge is 0.135 e. The molecule has 118 valence electrons. The molecular weight excluding hydrogens is 264 g/mol. The van der Waals surface area contributed by atoms with Gasteiger partial charge in [-0.15, -0.1) is 0 Å². The van der Waals surface area contributed by atoms with Gasteiger partial charge in [0.1, 0.15) is 18.0 Å². The van der Waals surface area contributed by atoms with Gasteiger partial charge < -0.3 is 15.7 Å². The summed E-state index contributed by atoms with van der Waals surface area (Å²) in [5.74, 6) is 1.79. The Kier molecular flexibility index (Phi) is 6.23. The topological polar surface area (TPSA) is 70.1 Å². The van der Waals surface area contributed by atoms with Crippen molar-refractivity contribution in [3.05, 3.63) is 11.9 Å². The van der Waals surface area contributed by atoms with Gasteiger partial charge in [0.2, 0.25) is 0 Å². The number of aromatic nitrogens is 2. The highest BCUT2D eigenvalue weighted by Crippen LogP contribution is 2.25. The lowest BCUT2D eigenvalue weighted by atomic mass is 10.1. The Morgan fingerprint density at radius 1 is 1.14 bits per heavy atom. The Bertz CT molecular complexity index is 438. The summed E-state index contributed by atoms with van der Waals surface area (Å²) in [5, 5.41) is 17.1. The highest BCUT2D eigenvalue weighted by molar-refractivity contribution is 5.57. The minimum absolute atomic E-state index is 0.103. The van der Waals surface area contributed by atoms with Crippen molar-refractivity contribution in [3.63, 3.8) is 0 Å². The molecule has 1 aromatic rings. The van der Waals surface area contributed by atoms with E-state index in [9.17, 15) is 5.11 Å². The van der Waals surface area contributed by atoms with Crippen LogP contribution < -0.4 is 10.6 Å². The largest absolute Gasteiger partial charge is 0.391 e. The van der Waals surface area contributed by atoms with Gasteiger partial charge in [0.05, 0.1) is 12.1 Å². The molecule has 0 amide bonds. The lowest BCUT2D eigenvalue weighted by molar-refractivity contribution is 0.144. The fourth-order valence-electron chi connectivity index (χ4n) is 2.90. The molecule has 0 bridgehead atoms. The molecule has 1 heterocycles. The number of aliphatic hydroxyl groups excluding tert-OH is 1. The molecule has 1 aromatic heterocycles. The standard InChI is InChI=1S/C16H28N4O/c1-3-10-17-15-12(4-2)16(19-11-18-15)20-13-8-6-5-7-9-14(13)21/h11,13-14,21H,3-10H2,1-2H3,(H2,17,18,19,20). The van der Waals surface area contributed by atoms with Crippen molar-refractivity contribution in [2.75, 3.05) is 17.2 Å². The van der Waals surface area contributed by atoms with Gasteiger partial charge in [-0.3, -0.25) is 0 Å². The van der Waals surface area contributed by atoms with Gasteiger partial charge >= 0.3 is 0 Å². The SMILES string of the molecule is CCCNc1ncnc(NC2CCCCCC2O)c1CC. The average molecular weight is 292 g/mol. The van der Waals surface area contributed by atoms with Crippen LogP contribution in [0.2, 0.25) is 0 Å². The maximum atomic E-state index is 10.3. The second-order valence-electron chi connectivity index (χ2n) is 5.79. The minimum Gasteiger partial charge on any atom is -0.391 e. The van der Waals surface area contributed by atoms with Crippen LogP contribution in [0.25, 0.3) is 0 Å². The number of rotatable bonds is 6. The molecule has 21 heavy (non-hydrogen) atoms. The van der Waals surface area contributed by atoms with Crippen LogP contribution in [0.4, 0.5) is 11.6 Å². The normalized spacial score (nSPS) is 22.6. The van der Waals surface area contributed by atoms with E-state index in [1.165, 1.54) is 12.8 Å². The molecule has 0 aromatic carbocycles. The average Bonchev–Trinajstić information content (AvgIpc) is 2.70. The Hall–Kier alpha value is -1.36. The van der Waals surface area contributed by atoms with Crippen molar-refractivity contribution in [2.24, 2.45) is 0 Å². The number of anilines is 2. The monoisotopic (exact) mass is 292 g/mol. The second-order valence-corrected chi connectivity index (χ2v) is 5.79. The molecule has 5 nitrogen and oxygen atoms in total. The quantitative estimate of drug-likeness (QED) is 0.703. The Morgan fingerprint density at radius 3 is 2.67 bits per heavy atom. The highest BCUT2D eigenvalue weighted by atomic mass is 16.3. The maximum absolute atomic E-state index is 10.3. The molecule has 1 aliphatic carbocycles. The zero-order valence-corrected chi connectivity index (χ0v) is 13.2. The molecule has 1 fully saturated rings. The van der Waals surface area contributed by atoms with E-state index in [4.69, 9.17) is 0 Å². The summed E-state index contributed by atoms with van der Waals surface area (Å²) in [7, 11) is 0. The molecule has 1 saturated carbocycles. The van der Waals surface area contributed by atoms with Crippen molar-refractivity contribution < 1.29 is 5.11 Å². The third kappa shape index (κ3) is 4.30. The molecule has 0 aliphatic heterocycles. The predicted octanol–water partition coefficient (Wildman–Crippen LogP) is 2.97. The number of nitrogens with one attached hydrogen (secondary N) is 2. The van der Waals surface area contributed by atoms with Crippen molar-refractivity contribution >= 4 is 11.6 Å². The first-order valence-electron chi connectivity index (χ1n) is 8.28. The van der Waals surface area contributed by atoms with Gasteiger partial charge in [-0.2, -0.15) is 0 Å². The second kappa shape index (κ2) is 8.17. The van der Waals surface area contributed by atoms with Gasteiger partial charge in [-0.1, -0.05) is 33.1 Å². The van der Waals surface area contributed by atoms with Crippen molar-refractivity contribution in [1.82, 2.24) is 9.97 Å². The summed E-state index contributed by atoms with van der Waals surface area (Å²) in [4.78, 5) is 8.76. The van der Waals surface area contributed by atoms with E-state index in [1.807, 2.05) is 0 Å². The van der Waals surface area contributed by atoms with Crippen molar-refractivity contribution in [3.8, 4) is 0 Å². The summed E-state index contributed by atoms with van der Waals surface area (Å²) in [6, 6.07) is 0.103. The maximum Gasteiger partial charge on any atom is 0.135 e. The van der Waals surface area contributed by atoms with E-state index in [-0.39, 0.29) is 12.1 Å². The summed E-state index contributed by atoms with van der Waals surface area (Å²) < 4.78 is 0. The van der Waals surface area contributed by atoms with E-state index in [2.05, 4.69) is 34.4 Å². The first kappa shape index (κ1) is 16.0. The molecule has 0 radical (unpaired) electrons.